The number of nitrogens with one attached hydrogen (secondary N) is 4. The molecule has 4 N–H and O–H groups in total. The van der Waals surface area contributed by atoms with Gasteiger partial charge in [0.1, 0.15) is 24.8 Å². The predicted molar refractivity (Wildman–Crippen MR) is 34.7 cm³/mol. The van der Waals surface area contributed by atoms with Gasteiger partial charge < -0.3 is 0 Å². The molecule has 2 heterocycles. The maximum atomic E-state index is 2.81. The van der Waals surface area contributed by atoms with Crippen LogP contribution in [0.15, 0.2) is 37.4 Å². The van der Waals surface area contributed by atoms with Crippen LogP contribution in [-0.4, -0.2) is 9.97 Å². The summed E-state index contributed by atoms with van der Waals surface area (Å²) in [7, 11) is 0. The van der Waals surface area contributed by atoms with Crippen LogP contribution in [0, 0.1) is 0 Å². The number of H-pyrrole nitrogens is 4. The van der Waals surface area contributed by atoms with Crippen molar-refractivity contribution >= 4 is 0 Å². The Hall–Kier alpha value is -0.918. The molecular weight excluding hydrogens is 235 g/mol. The van der Waals surface area contributed by atoms with Crippen LogP contribution in [0.25, 0.3) is 0 Å². The van der Waals surface area contributed by atoms with Gasteiger partial charge >= 0.3 is 20.4 Å². The molecule has 2 rings (SSSR count). The summed E-state index contributed by atoms with van der Waals surface area (Å²) in [6.45, 7) is 0. The molecule has 0 aliphatic rings. The molecule has 0 amide bonds. The minimum atomic E-state index is 0. The Morgan fingerprint density at radius 3 is 1.36 bits per heavy atom. The standard InChI is InChI=1S/2C3H4N2.Pd/c2*1-2-5-3-4-1;/h2*1-3H,(H,4,5);/q;;+2/p+2. The van der Waals surface area contributed by atoms with E-state index in [0.717, 1.165) is 0 Å². The summed E-state index contributed by atoms with van der Waals surface area (Å²) in [5, 5.41) is 0. The molecule has 0 atom stereocenters. The molecule has 0 fully saturated rings. The van der Waals surface area contributed by atoms with Gasteiger partial charge in [0.25, 0.3) is 0 Å². The first-order chi connectivity index (χ1) is 5.00. The van der Waals surface area contributed by atoms with Gasteiger partial charge in [-0.1, -0.05) is 0 Å². The van der Waals surface area contributed by atoms with E-state index in [4.69, 9.17) is 0 Å². The van der Waals surface area contributed by atoms with Gasteiger partial charge in [-0.2, -0.15) is 0 Å². The SMILES string of the molecule is [Pd+2].c1c[nH+]c[nH]1.c1c[nH+]c[nH]1. The number of aromatic nitrogens is 4. The quantitative estimate of drug-likeness (QED) is 0.596. The second kappa shape index (κ2) is 7.19. The normalized spacial score (nSPS) is 7.27. The van der Waals surface area contributed by atoms with Crippen LogP contribution in [0.3, 0.4) is 0 Å². The maximum Gasteiger partial charge on any atom is 2.00 e. The molecule has 4 nitrogen and oxygen atoms in total. The van der Waals surface area contributed by atoms with Crippen LogP contribution < -0.4 is 9.97 Å². The van der Waals surface area contributed by atoms with E-state index < -0.39 is 0 Å². The van der Waals surface area contributed by atoms with Crippen LogP contribution in [0.1, 0.15) is 0 Å². The molecule has 0 bridgehead atoms. The molecule has 0 aliphatic carbocycles. The van der Waals surface area contributed by atoms with Crippen LogP contribution >= 0.6 is 0 Å². The summed E-state index contributed by atoms with van der Waals surface area (Å²) in [5.41, 5.74) is 0. The smallest absolute Gasteiger partial charge is 0.250 e. The predicted octanol–water partition coefficient (Wildman–Crippen LogP) is -0.345. The molecule has 2 aromatic rings. The van der Waals surface area contributed by atoms with Crippen molar-refractivity contribution in [3.8, 4) is 0 Å². The first-order valence-electron chi connectivity index (χ1n) is 2.98. The van der Waals surface area contributed by atoms with E-state index in [9.17, 15) is 0 Å². The third kappa shape index (κ3) is 5.52. The molecule has 2 aromatic heterocycles. The molecule has 0 aliphatic heterocycles. The fourth-order valence-corrected chi connectivity index (χ4v) is 0.481. The Kier molecular flexibility index (Phi) is 6.59. The van der Waals surface area contributed by atoms with Crippen LogP contribution in [0.2, 0.25) is 0 Å². The van der Waals surface area contributed by atoms with Crippen LogP contribution in [0.5, 0.6) is 0 Å². The number of hydrogen-bond acceptors (Lipinski definition) is 0. The minimum Gasteiger partial charge on any atom is -0.250 e. The van der Waals surface area contributed by atoms with Crippen molar-refractivity contribution in [2.24, 2.45) is 0 Å². The third-order valence-electron chi connectivity index (χ3n) is 0.885. The largest absolute Gasteiger partial charge is 2.00 e. The molecule has 0 saturated carbocycles. The van der Waals surface area contributed by atoms with Gasteiger partial charge in [0, 0.05) is 0 Å². The van der Waals surface area contributed by atoms with Crippen molar-refractivity contribution in [3.63, 3.8) is 0 Å². The average Bonchev–Trinajstić information content (AvgIpc) is 2.67. The number of aromatic amines is 4. The Labute approximate surface area is 78.1 Å². The summed E-state index contributed by atoms with van der Waals surface area (Å²) in [6.07, 6.45) is 10.8. The summed E-state index contributed by atoms with van der Waals surface area (Å²) >= 11 is 0. The van der Waals surface area contributed by atoms with Crippen molar-refractivity contribution in [3.05, 3.63) is 37.4 Å². The first-order valence-corrected chi connectivity index (χ1v) is 2.98. The van der Waals surface area contributed by atoms with Crippen molar-refractivity contribution in [1.29, 1.82) is 0 Å². The first kappa shape index (κ1) is 10.1. The summed E-state index contributed by atoms with van der Waals surface area (Å²) in [6, 6.07) is 0. The summed E-state index contributed by atoms with van der Waals surface area (Å²) in [5.74, 6) is 0. The second-order valence-electron chi connectivity index (χ2n) is 1.62. The van der Waals surface area contributed by atoms with Crippen molar-refractivity contribution < 1.29 is 30.4 Å². The van der Waals surface area contributed by atoms with E-state index in [1.165, 1.54) is 0 Å². The molecule has 5 heteroatoms. The molecule has 0 spiro atoms. The number of imidazole rings is 2. The molecule has 0 radical (unpaired) electrons. The van der Waals surface area contributed by atoms with Crippen molar-refractivity contribution in [2.75, 3.05) is 0 Å². The van der Waals surface area contributed by atoms with E-state index in [-0.39, 0.29) is 20.4 Å². The van der Waals surface area contributed by atoms with Crippen LogP contribution in [0.4, 0.5) is 0 Å². The number of hydrogen-bond donors (Lipinski definition) is 2. The third-order valence-corrected chi connectivity index (χ3v) is 0.885. The van der Waals surface area contributed by atoms with Crippen molar-refractivity contribution in [1.82, 2.24) is 9.97 Å². The molecule has 60 valence electrons. The van der Waals surface area contributed by atoms with Gasteiger partial charge in [-0.05, 0) is 0 Å². The van der Waals surface area contributed by atoms with Gasteiger partial charge in [-0.3, -0.25) is 19.9 Å². The molecule has 0 saturated heterocycles. The monoisotopic (exact) mass is 244 g/mol. The molecule has 0 aromatic carbocycles. The van der Waals surface area contributed by atoms with Gasteiger partial charge in [-0.15, -0.1) is 0 Å². The minimum absolute atomic E-state index is 0. The van der Waals surface area contributed by atoms with Gasteiger partial charge in [0.15, 0.2) is 0 Å². The van der Waals surface area contributed by atoms with E-state index in [1.54, 1.807) is 12.7 Å². The Balaban J connectivity index is 0.000000167. The topological polar surface area (TPSA) is 59.9 Å². The van der Waals surface area contributed by atoms with Gasteiger partial charge in [0.2, 0.25) is 12.7 Å². The van der Waals surface area contributed by atoms with Crippen LogP contribution in [-0.2, 0) is 20.4 Å². The van der Waals surface area contributed by atoms with Gasteiger partial charge in [0.05, 0.1) is 0 Å². The summed E-state index contributed by atoms with van der Waals surface area (Å²) in [4.78, 5) is 11.2. The average molecular weight is 245 g/mol. The van der Waals surface area contributed by atoms with E-state index in [1.807, 2.05) is 24.8 Å². The second-order valence-corrected chi connectivity index (χ2v) is 1.62. The summed E-state index contributed by atoms with van der Waals surface area (Å²) < 4.78 is 0. The Morgan fingerprint density at radius 1 is 0.818 bits per heavy atom. The molecule has 0 unspecified atom stereocenters. The Bertz CT molecular complexity index is 154. The molecule has 11 heavy (non-hydrogen) atoms. The maximum absolute atomic E-state index is 2.81. The Morgan fingerprint density at radius 2 is 1.27 bits per heavy atom. The van der Waals surface area contributed by atoms with E-state index in [2.05, 4.69) is 19.9 Å². The van der Waals surface area contributed by atoms with E-state index >= 15 is 0 Å². The zero-order chi connectivity index (χ0) is 7.07. The number of rotatable bonds is 0. The zero-order valence-electron chi connectivity index (χ0n) is 5.78. The van der Waals surface area contributed by atoms with Gasteiger partial charge in [-0.25, -0.2) is 0 Å². The fraction of sp³-hybridized carbons (Fsp3) is 0. The molecular formula is C6H10N4Pd+4. The zero-order valence-corrected chi connectivity index (χ0v) is 7.33. The van der Waals surface area contributed by atoms with E-state index in [0.29, 0.717) is 0 Å². The van der Waals surface area contributed by atoms with Crippen molar-refractivity contribution in [2.45, 2.75) is 0 Å². The fourth-order valence-electron chi connectivity index (χ4n) is 0.481.